The minimum Gasteiger partial charge on any atom is -0.481 e. The Hall–Kier alpha value is -3.29. The molecule has 1 aromatic heterocycles. The summed E-state index contributed by atoms with van der Waals surface area (Å²) in [7, 11) is 0. The van der Waals surface area contributed by atoms with Gasteiger partial charge in [0.05, 0.1) is 11.6 Å². The first-order valence-electron chi connectivity index (χ1n) is 10.4. The SMILES string of the molecule is CC(Oc1ccccc1)C(=O)Nc1cc(C2CC2)nn1C1=NC(=O)C2CCCC2=N1. The number of ether oxygens (including phenoxy) is 1. The second kappa shape index (κ2) is 7.51. The van der Waals surface area contributed by atoms with Gasteiger partial charge in [0.1, 0.15) is 11.6 Å². The number of aliphatic imine (C=N–C) groups is 2. The van der Waals surface area contributed by atoms with Crippen LogP contribution in [0.25, 0.3) is 0 Å². The van der Waals surface area contributed by atoms with Gasteiger partial charge < -0.3 is 10.1 Å². The molecule has 2 amide bonds. The number of nitrogens with zero attached hydrogens (tertiary/aromatic N) is 4. The smallest absolute Gasteiger partial charge is 0.266 e. The van der Waals surface area contributed by atoms with E-state index in [1.165, 1.54) is 4.68 Å². The molecule has 154 valence electrons. The summed E-state index contributed by atoms with van der Waals surface area (Å²) in [6, 6.07) is 11.0. The summed E-state index contributed by atoms with van der Waals surface area (Å²) in [5.74, 6) is 1.01. The molecule has 30 heavy (non-hydrogen) atoms. The number of benzene rings is 1. The normalized spacial score (nSPS) is 21.5. The van der Waals surface area contributed by atoms with E-state index < -0.39 is 6.10 Å². The summed E-state index contributed by atoms with van der Waals surface area (Å²) in [5.41, 5.74) is 1.75. The zero-order chi connectivity index (χ0) is 20.7. The Labute approximate surface area is 174 Å². The zero-order valence-electron chi connectivity index (χ0n) is 16.7. The molecule has 2 saturated carbocycles. The van der Waals surface area contributed by atoms with Gasteiger partial charge in [-0.1, -0.05) is 18.2 Å². The van der Waals surface area contributed by atoms with E-state index in [0.29, 0.717) is 17.5 Å². The number of para-hydroxylation sites is 1. The van der Waals surface area contributed by atoms with Gasteiger partial charge in [-0.15, -0.1) is 0 Å². The lowest BCUT2D eigenvalue weighted by molar-refractivity contribution is -0.122. The number of aromatic nitrogens is 2. The number of fused-ring (bicyclic) bond motifs is 1. The van der Waals surface area contributed by atoms with Gasteiger partial charge >= 0.3 is 0 Å². The molecule has 2 aliphatic carbocycles. The first-order chi connectivity index (χ1) is 14.6. The summed E-state index contributed by atoms with van der Waals surface area (Å²) >= 11 is 0. The van der Waals surface area contributed by atoms with Crippen molar-refractivity contribution in [3.8, 4) is 5.75 Å². The molecule has 1 aliphatic heterocycles. The molecule has 0 radical (unpaired) electrons. The number of anilines is 1. The summed E-state index contributed by atoms with van der Waals surface area (Å²) in [4.78, 5) is 34.0. The van der Waals surface area contributed by atoms with Gasteiger partial charge in [0.25, 0.3) is 17.8 Å². The van der Waals surface area contributed by atoms with Crippen molar-refractivity contribution in [1.82, 2.24) is 9.78 Å². The van der Waals surface area contributed by atoms with Crippen LogP contribution in [0.1, 0.15) is 50.6 Å². The van der Waals surface area contributed by atoms with Crippen LogP contribution < -0.4 is 10.1 Å². The fourth-order valence-corrected chi connectivity index (χ4v) is 3.86. The second-order valence-corrected chi connectivity index (χ2v) is 8.00. The van der Waals surface area contributed by atoms with Gasteiger partial charge in [0.15, 0.2) is 6.10 Å². The molecule has 2 aromatic rings. The number of amides is 2. The van der Waals surface area contributed by atoms with Crippen molar-refractivity contribution < 1.29 is 14.3 Å². The first-order valence-corrected chi connectivity index (χ1v) is 10.4. The third-order valence-electron chi connectivity index (χ3n) is 5.67. The van der Waals surface area contributed by atoms with Crippen molar-refractivity contribution in [3.63, 3.8) is 0 Å². The molecule has 1 N–H and O–H groups in total. The van der Waals surface area contributed by atoms with Crippen LogP contribution in [-0.4, -0.2) is 39.4 Å². The van der Waals surface area contributed by atoms with Gasteiger partial charge in [-0.05, 0) is 51.2 Å². The molecule has 3 aliphatic rings. The van der Waals surface area contributed by atoms with E-state index in [2.05, 4.69) is 20.4 Å². The van der Waals surface area contributed by atoms with E-state index in [4.69, 9.17) is 4.74 Å². The number of hydrogen-bond acceptors (Lipinski definition) is 5. The quantitative estimate of drug-likeness (QED) is 0.826. The van der Waals surface area contributed by atoms with Crippen LogP contribution in [0.15, 0.2) is 46.4 Å². The molecule has 2 unspecified atom stereocenters. The topological polar surface area (TPSA) is 97.9 Å². The molecule has 8 heteroatoms. The van der Waals surface area contributed by atoms with Crippen molar-refractivity contribution in [3.05, 3.63) is 42.1 Å². The van der Waals surface area contributed by atoms with E-state index in [9.17, 15) is 9.59 Å². The summed E-state index contributed by atoms with van der Waals surface area (Å²) < 4.78 is 7.21. The van der Waals surface area contributed by atoms with Crippen LogP contribution in [0.5, 0.6) is 5.75 Å². The number of rotatable bonds is 5. The van der Waals surface area contributed by atoms with Crippen molar-refractivity contribution >= 4 is 29.3 Å². The van der Waals surface area contributed by atoms with Gasteiger partial charge in [-0.25, -0.2) is 4.99 Å². The molecule has 2 heterocycles. The minimum absolute atomic E-state index is 0.172. The van der Waals surface area contributed by atoms with Crippen LogP contribution in [0, 0.1) is 5.92 Å². The maximum absolute atomic E-state index is 12.8. The fourth-order valence-electron chi connectivity index (χ4n) is 3.86. The monoisotopic (exact) mass is 405 g/mol. The van der Waals surface area contributed by atoms with E-state index in [0.717, 1.165) is 43.5 Å². The molecule has 8 nitrogen and oxygen atoms in total. The predicted molar refractivity (Wildman–Crippen MR) is 112 cm³/mol. The summed E-state index contributed by atoms with van der Waals surface area (Å²) in [5, 5.41) is 7.49. The number of carbonyl (C=O) groups is 2. The van der Waals surface area contributed by atoms with E-state index in [1.807, 2.05) is 24.3 Å². The molecule has 0 bridgehead atoms. The highest BCUT2D eigenvalue weighted by molar-refractivity contribution is 6.17. The molecular weight excluding hydrogens is 382 g/mol. The molecule has 2 atom stereocenters. The average molecular weight is 405 g/mol. The Balaban J connectivity index is 1.40. The summed E-state index contributed by atoms with van der Waals surface area (Å²) in [6.45, 7) is 1.69. The minimum atomic E-state index is -0.708. The maximum Gasteiger partial charge on any atom is 0.266 e. The lowest BCUT2D eigenvalue weighted by Crippen LogP contribution is -2.33. The van der Waals surface area contributed by atoms with Gasteiger partial charge in [-0.2, -0.15) is 14.8 Å². The fraction of sp³-hybridized carbons (Fsp3) is 0.409. The lowest BCUT2D eigenvalue weighted by atomic mass is 10.1. The zero-order valence-corrected chi connectivity index (χ0v) is 16.7. The number of nitrogens with one attached hydrogen (secondary N) is 1. The van der Waals surface area contributed by atoms with Crippen molar-refractivity contribution in [2.45, 2.75) is 51.0 Å². The largest absolute Gasteiger partial charge is 0.481 e. The third kappa shape index (κ3) is 3.65. The highest BCUT2D eigenvalue weighted by Crippen LogP contribution is 2.40. The molecule has 0 saturated heterocycles. The predicted octanol–water partition coefficient (Wildman–Crippen LogP) is 3.15. The van der Waals surface area contributed by atoms with E-state index in [-0.39, 0.29) is 23.7 Å². The third-order valence-corrected chi connectivity index (χ3v) is 5.67. The number of hydrogen-bond donors (Lipinski definition) is 1. The standard InChI is InChI=1S/C22H23N5O3/c1-13(30-15-6-3-2-4-7-15)20(28)24-19-12-18(14-10-11-14)26-27(19)22-23-17-9-5-8-16(17)21(29)25-22/h2-4,6-7,12-14,16H,5,8-11H2,1H3,(H,24,28). The van der Waals surface area contributed by atoms with Gasteiger partial charge in [0, 0.05) is 17.7 Å². The molecule has 0 spiro atoms. The molecule has 5 rings (SSSR count). The highest BCUT2D eigenvalue weighted by Gasteiger charge is 2.35. The number of carbonyl (C=O) groups excluding carboxylic acids is 2. The van der Waals surface area contributed by atoms with Crippen LogP contribution in [0.3, 0.4) is 0 Å². The van der Waals surface area contributed by atoms with E-state index >= 15 is 0 Å². The Morgan fingerprint density at radius 2 is 2.00 bits per heavy atom. The molecule has 2 fully saturated rings. The Bertz CT molecular complexity index is 1050. The average Bonchev–Trinajstić information content (AvgIpc) is 3.33. The molecule has 1 aromatic carbocycles. The molecular formula is C22H23N5O3. The van der Waals surface area contributed by atoms with Gasteiger partial charge in [-0.3, -0.25) is 9.59 Å². The Kier molecular flexibility index (Phi) is 4.69. The van der Waals surface area contributed by atoms with Crippen molar-refractivity contribution in [2.75, 3.05) is 5.32 Å². The van der Waals surface area contributed by atoms with Crippen LogP contribution in [-0.2, 0) is 9.59 Å². The van der Waals surface area contributed by atoms with Gasteiger partial charge in [0.2, 0.25) is 0 Å². The van der Waals surface area contributed by atoms with Crippen LogP contribution in [0.2, 0.25) is 0 Å². The highest BCUT2D eigenvalue weighted by atomic mass is 16.5. The maximum atomic E-state index is 12.8. The second-order valence-electron chi connectivity index (χ2n) is 8.00. The van der Waals surface area contributed by atoms with Crippen LogP contribution in [0.4, 0.5) is 5.82 Å². The van der Waals surface area contributed by atoms with Crippen molar-refractivity contribution in [1.29, 1.82) is 0 Å². The van der Waals surface area contributed by atoms with E-state index in [1.54, 1.807) is 19.1 Å². The first kappa shape index (κ1) is 18.7. The Morgan fingerprint density at radius 3 is 2.77 bits per heavy atom. The lowest BCUT2D eigenvalue weighted by Gasteiger charge is -2.17. The Morgan fingerprint density at radius 1 is 1.20 bits per heavy atom. The van der Waals surface area contributed by atoms with Crippen molar-refractivity contribution in [2.24, 2.45) is 15.9 Å². The summed E-state index contributed by atoms with van der Waals surface area (Å²) in [6.07, 6.45) is 3.98. The van der Waals surface area contributed by atoms with Crippen LogP contribution >= 0.6 is 0 Å².